The zero-order chi connectivity index (χ0) is 19.8. The van der Waals surface area contributed by atoms with E-state index in [1.165, 1.54) is 0 Å². The molecule has 10 heteroatoms. The molecule has 28 heavy (non-hydrogen) atoms. The fourth-order valence-corrected chi connectivity index (χ4v) is 4.39. The van der Waals surface area contributed by atoms with Crippen LogP contribution in [0.4, 0.5) is 11.6 Å². The van der Waals surface area contributed by atoms with E-state index in [0.29, 0.717) is 45.1 Å². The molecule has 7 nitrogen and oxygen atoms in total. The van der Waals surface area contributed by atoms with Crippen molar-refractivity contribution < 1.29 is 9.53 Å². The summed E-state index contributed by atoms with van der Waals surface area (Å²) in [4.78, 5) is 21.9. The van der Waals surface area contributed by atoms with Gasteiger partial charge in [0, 0.05) is 24.8 Å². The summed E-state index contributed by atoms with van der Waals surface area (Å²) in [5.41, 5.74) is 13.2. The predicted molar refractivity (Wildman–Crippen MR) is 113 cm³/mol. The first-order chi connectivity index (χ1) is 13.4. The number of benzene rings is 1. The van der Waals surface area contributed by atoms with Crippen LogP contribution in [0.5, 0.6) is 0 Å². The van der Waals surface area contributed by atoms with Crippen LogP contribution in [0, 0.1) is 0 Å². The van der Waals surface area contributed by atoms with Crippen LogP contribution in [-0.2, 0) is 4.74 Å². The highest BCUT2D eigenvalue weighted by molar-refractivity contribution is 7.21. The van der Waals surface area contributed by atoms with Crippen molar-refractivity contribution in [3.05, 3.63) is 33.1 Å². The minimum absolute atomic E-state index is 0.209. The number of rotatable bonds is 4. The number of carbonyl (C=O) groups is 1. The third-order valence-corrected chi connectivity index (χ3v) is 6.41. The number of aromatic nitrogens is 2. The van der Waals surface area contributed by atoms with Gasteiger partial charge in [0.2, 0.25) is 5.95 Å². The van der Waals surface area contributed by atoms with E-state index in [-0.39, 0.29) is 16.6 Å². The van der Waals surface area contributed by atoms with E-state index >= 15 is 0 Å². The molecule has 1 amide bonds. The molecule has 5 N–H and O–H groups in total. The van der Waals surface area contributed by atoms with Crippen molar-refractivity contribution in [2.45, 2.75) is 18.9 Å². The molecular formula is C18H17Cl2N5O2S. The van der Waals surface area contributed by atoms with E-state index in [1.807, 2.05) is 0 Å². The highest BCUT2D eigenvalue weighted by Gasteiger charge is 2.22. The molecule has 1 aliphatic heterocycles. The zero-order valence-electron chi connectivity index (χ0n) is 14.7. The molecule has 3 aromatic rings. The molecule has 0 saturated carbocycles. The second kappa shape index (κ2) is 7.71. The number of carbonyl (C=O) groups excluding carboxylic acids is 1. The largest absolute Gasteiger partial charge is 0.397 e. The number of nitrogens with one attached hydrogen (secondary N) is 1. The van der Waals surface area contributed by atoms with Gasteiger partial charge in [-0.05, 0) is 25.0 Å². The van der Waals surface area contributed by atoms with E-state index in [9.17, 15) is 4.79 Å². The topological polar surface area (TPSA) is 116 Å². The number of ether oxygens (including phenoxy) is 1. The van der Waals surface area contributed by atoms with Crippen LogP contribution in [0.2, 0.25) is 10.0 Å². The SMILES string of the molecule is NC(=O)c1sc2nc(NC3CCOCC3)nc(-c3ccc(Cl)c(Cl)c3)c2c1N. The molecule has 2 aromatic heterocycles. The molecular weight excluding hydrogens is 421 g/mol. The van der Waals surface area contributed by atoms with Gasteiger partial charge in [0.25, 0.3) is 5.91 Å². The summed E-state index contributed by atoms with van der Waals surface area (Å²) >= 11 is 13.4. The number of fused-ring (bicyclic) bond motifs is 1. The summed E-state index contributed by atoms with van der Waals surface area (Å²) in [6.07, 6.45) is 1.73. The molecule has 1 aliphatic rings. The molecule has 4 rings (SSSR count). The van der Waals surface area contributed by atoms with Crippen LogP contribution in [0.25, 0.3) is 21.5 Å². The fourth-order valence-electron chi connectivity index (χ4n) is 3.15. The van der Waals surface area contributed by atoms with Crippen molar-refractivity contribution in [1.82, 2.24) is 9.97 Å². The van der Waals surface area contributed by atoms with Crippen LogP contribution in [0.3, 0.4) is 0 Å². The average Bonchev–Trinajstić information content (AvgIpc) is 3.01. The number of nitrogen functional groups attached to an aromatic ring is 1. The summed E-state index contributed by atoms with van der Waals surface area (Å²) in [5.74, 6) is -0.141. The lowest BCUT2D eigenvalue weighted by Gasteiger charge is -2.23. The number of anilines is 2. The Bertz CT molecular complexity index is 1070. The normalized spacial score (nSPS) is 15.1. The Morgan fingerprint density at radius 3 is 2.64 bits per heavy atom. The molecule has 146 valence electrons. The number of hydrogen-bond donors (Lipinski definition) is 3. The van der Waals surface area contributed by atoms with Crippen molar-refractivity contribution >= 4 is 62.3 Å². The Labute approximate surface area is 175 Å². The fraction of sp³-hybridized carbons (Fsp3) is 0.278. The third-order valence-electron chi connectivity index (χ3n) is 4.56. The maximum Gasteiger partial charge on any atom is 0.260 e. The standard InChI is InChI=1S/C18H17Cl2N5O2S/c19-10-2-1-8(7-11(10)20)14-12-13(21)15(16(22)26)28-17(12)25-18(24-14)23-9-3-5-27-6-4-9/h1-2,7,9H,3-6,21H2,(H2,22,26)(H,23,24,25). The van der Waals surface area contributed by atoms with Crippen molar-refractivity contribution in [3.8, 4) is 11.3 Å². The summed E-state index contributed by atoms with van der Waals surface area (Å²) in [6, 6.07) is 5.41. The summed E-state index contributed by atoms with van der Waals surface area (Å²) in [7, 11) is 0. The van der Waals surface area contributed by atoms with Crippen LogP contribution in [-0.4, -0.2) is 35.1 Å². The predicted octanol–water partition coefficient (Wildman–Crippen LogP) is 3.94. The summed E-state index contributed by atoms with van der Waals surface area (Å²) < 4.78 is 5.40. The van der Waals surface area contributed by atoms with E-state index in [0.717, 1.165) is 29.7 Å². The van der Waals surface area contributed by atoms with Crippen molar-refractivity contribution in [1.29, 1.82) is 0 Å². The lowest BCUT2D eigenvalue weighted by molar-refractivity contribution is 0.0903. The molecule has 1 saturated heterocycles. The lowest BCUT2D eigenvalue weighted by Crippen LogP contribution is -2.28. The highest BCUT2D eigenvalue weighted by Crippen LogP contribution is 2.40. The minimum Gasteiger partial charge on any atom is -0.397 e. The summed E-state index contributed by atoms with van der Waals surface area (Å²) in [5, 5.41) is 4.77. The Morgan fingerprint density at radius 2 is 1.96 bits per heavy atom. The van der Waals surface area contributed by atoms with Gasteiger partial charge in [-0.15, -0.1) is 11.3 Å². The van der Waals surface area contributed by atoms with Crippen LogP contribution >= 0.6 is 34.5 Å². The maximum absolute atomic E-state index is 11.8. The number of primary amides is 1. The Morgan fingerprint density at radius 1 is 1.21 bits per heavy atom. The molecule has 0 aliphatic carbocycles. The first-order valence-corrected chi connectivity index (χ1v) is 10.2. The molecule has 0 radical (unpaired) electrons. The van der Waals surface area contributed by atoms with E-state index in [4.69, 9.17) is 39.4 Å². The maximum atomic E-state index is 11.8. The van der Waals surface area contributed by atoms with Gasteiger partial charge in [-0.2, -0.15) is 0 Å². The van der Waals surface area contributed by atoms with E-state index in [2.05, 4.69) is 15.3 Å². The summed E-state index contributed by atoms with van der Waals surface area (Å²) in [6.45, 7) is 1.38. The average molecular weight is 438 g/mol. The first kappa shape index (κ1) is 19.2. The molecule has 1 aromatic carbocycles. The van der Waals surface area contributed by atoms with Crippen LogP contribution in [0.15, 0.2) is 18.2 Å². The number of halogens is 2. The number of nitrogens with zero attached hydrogens (tertiary/aromatic N) is 2. The van der Waals surface area contributed by atoms with Crippen LogP contribution in [0.1, 0.15) is 22.5 Å². The molecule has 0 spiro atoms. The van der Waals surface area contributed by atoms with E-state index in [1.54, 1.807) is 18.2 Å². The smallest absolute Gasteiger partial charge is 0.260 e. The molecule has 0 unspecified atom stereocenters. The molecule has 3 heterocycles. The van der Waals surface area contributed by atoms with Crippen LogP contribution < -0.4 is 16.8 Å². The van der Waals surface area contributed by atoms with Crippen molar-refractivity contribution in [2.75, 3.05) is 24.3 Å². The van der Waals surface area contributed by atoms with Gasteiger partial charge < -0.3 is 21.5 Å². The number of thiophene rings is 1. The van der Waals surface area contributed by atoms with Gasteiger partial charge in [-0.3, -0.25) is 4.79 Å². The van der Waals surface area contributed by atoms with Gasteiger partial charge in [0.15, 0.2) is 0 Å². The highest BCUT2D eigenvalue weighted by atomic mass is 35.5. The third kappa shape index (κ3) is 3.60. The second-order valence-electron chi connectivity index (χ2n) is 6.44. The Balaban J connectivity index is 1.88. The first-order valence-electron chi connectivity index (χ1n) is 8.63. The van der Waals surface area contributed by atoms with Gasteiger partial charge in [0.1, 0.15) is 9.71 Å². The Kier molecular flexibility index (Phi) is 5.29. The van der Waals surface area contributed by atoms with Gasteiger partial charge in [-0.25, -0.2) is 9.97 Å². The second-order valence-corrected chi connectivity index (χ2v) is 8.26. The lowest BCUT2D eigenvalue weighted by atomic mass is 10.1. The van der Waals surface area contributed by atoms with E-state index < -0.39 is 5.91 Å². The quantitative estimate of drug-likeness (QED) is 0.568. The minimum atomic E-state index is -0.598. The van der Waals surface area contributed by atoms with Gasteiger partial charge >= 0.3 is 0 Å². The van der Waals surface area contributed by atoms with Crippen molar-refractivity contribution in [2.24, 2.45) is 5.73 Å². The Hall–Kier alpha value is -2.13. The van der Waals surface area contributed by atoms with Gasteiger partial charge in [-0.1, -0.05) is 29.3 Å². The molecule has 1 fully saturated rings. The molecule has 0 bridgehead atoms. The van der Waals surface area contributed by atoms with Gasteiger partial charge in [0.05, 0.1) is 26.8 Å². The number of hydrogen-bond acceptors (Lipinski definition) is 7. The number of amides is 1. The monoisotopic (exact) mass is 437 g/mol. The molecule has 0 atom stereocenters. The zero-order valence-corrected chi connectivity index (χ0v) is 17.0. The van der Waals surface area contributed by atoms with Crippen molar-refractivity contribution in [3.63, 3.8) is 0 Å². The number of nitrogens with two attached hydrogens (primary N) is 2.